The van der Waals surface area contributed by atoms with Gasteiger partial charge in [0, 0.05) is 12.7 Å². The molecule has 0 fully saturated rings. The monoisotopic (exact) mass is 226 g/mol. The molecule has 0 aromatic carbocycles. The van der Waals surface area contributed by atoms with Crippen molar-refractivity contribution in [3.05, 3.63) is 29.6 Å². The number of alkyl halides is 1. The molecule has 0 N–H and O–H groups in total. The number of halogens is 1. The highest BCUT2D eigenvalue weighted by Gasteiger charge is 2.05. The Balaban J connectivity index is 2.72. The Kier molecular flexibility index (Phi) is 5.06. The van der Waals surface area contributed by atoms with E-state index in [0.717, 1.165) is 25.3 Å². The van der Waals surface area contributed by atoms with E-state index in [1.54, 1.807) is 0 Å². The van der Waals surface area contributed by atoms with Gasteiger partial charge in [-0.2, -0.15) is 0 Å². The Labute approximate surface area is 97.3 Å². The summed E-state index contributed by atoms with van der Waals surface area (Å²) in [6.07, 6.45) is 1.84. The molecule has 0 amide bonds. The summed E-state index contributed by atoms with van der Waals surface area (Å²) in [5.41, 5.74) is 2.25. The van der Waals surface area contributed by atoms with Crippen LogP contribution in [0.1, 0.15) is 37.4 Å². The van der Waals surface area contributed by atoms with E-state index in [-0.39, 0.29) is 5.38 Å². The molecule has 1 aromatic rings. The summed E-state index contributed by atoms with van der Waals surface area (Å²) in [5.74, 6) is 0. The van der Waals surface area contributed by atoms with Crippen LogP contribution in [0.15, 0.2) is 18.3 Å². The van der Waals surface area contributed by atoms with Gasteiger partial charge < -0.3 is 0 Å². The Morgan fingerprint density at radius 3 is 2.60 bits per heavy atom. The minimum absolute atomic E-state index is 0.0124. The van der Waals surface area contributed by atoms with Crippen molar-refractivity contribution < 1.29 is 0 Å². The molecule has 0 spiro atoms. The van der Waals surface area contributed by atoms with Gasteiger partial charge in [-0.15, -0.1) is 11.6 Å². The highest BCUT2D eigenvalue weighted by molar-refractivity contribution is 6.20. The van der Waals surface area contributed by atoms with E-state index in [4.69, 9.17) is 11.6 Å². The average molecular weight is 227 g/mol. The van der Waals surface area contributed by atoms with Crippen LogP contribution in [0.25, 0.3) is 0 Å². The lowest BCUT2D eigenvalue weighted by molar-refractivity contribution is 0.295. The molecule has 0 aliphatic heterocycles. The summed E-state index contributed by atoms with van der Waals surface area (Å²) in [6, 6.07) is 4.15. The standard InChI is InChI=1S/C12H19ClN2/c1-4-15(5-2)9-11-6-7-14-12(8-11)10(3)13/h6-8,10H,4-5,9H2,1-3H3. The second kappa shape index (κ2) is 6.09. The van der Waals surface area contributed by atoms with Crippen LogP contribution in [0.3, 0.4) is 0 Å². The largest absolute Gasteiger partial charge is 0.300 e. The van der Waals surface area contributed by atoms with Gasteiger partial charge in [-0.05, 0) is 37.7 Å². The predicted molar refractivity (Wildman–Crippen MR) is 65.1 cm³/mol. The normalized spacial score (nSPS) is 13.1. The lowest BCUT2D eigenvalue weighted by Crippen LogP contribution is -2.22. The average Bonchev–Trinajstić information content (AvgIpc) is 2.26. The van der Waals surface area contributed by atoms with Crippen LogP contribution in [0, 0.1) is 0 Å². The van der Waals surface area contributed by atoms with Gasteiger partial charge >= 0.3 is 0 Å². The van der Waals surface area contributed by atoms with E-state index in [2.05, 4.69) is 35.9 Å². The summed E-state index contributed by atoms with van der Waals surface area (Å²) >= 11 is 6.00. The molecular formula is C12H19ClN2. The fraction of sp³-hybridized carbons (Fsp3) is 0.583. The van der Waals surface area contributed by atoms with Crippen molar-refractivity contribution in [1.82, 2.24) is 9.88 Å². The van der Waals surface area contributed by atoms with Crippen molar-refractivity contribution in [2.75, 3.05) is 13.1 Å². The third-order valence-corrected chi connectivity index (χ3v) is 2.78. The third kappa shape index (κ3) is 3.80. The van der Waals surface area contributed by atoms with E-state index < -0.39 is 0 Å². The first-order chi connectivity index (χ1) is 7.17. The van der Waals surface area contributed by atoms with Crippen molar-refractivity contribution in [2.24, 2.45) is 0 Å². The van der Waals surface area contributed by atoms with Crippen LogP contribution in [0.5, 0.6) is 0 Å². The van der Waals surface area contributed by atoms with Gasteiger partial charge in [0.15, 0.2) is 0 Å². The molecule has 1 rings (SSSR count). The van der Waals surface area contributed by atoms with Crippen molar-refractivity contribution in [3.63, 3.8) is 0 Å². The highest BCUT2D eigenvalue weighted by atomic mass is 35.5. The summed E-state index contributed by atoms with van der Waals surface area (Å²) < 4.78 is 0. The van der Waals surface area contributed by atoms with Crippen LogP contribution >= 0.6 is 11.6 Å². The molecule has 3 heteroatoms. The quantitative estimate of drug-likeness (QED) is 0.717. The molecule has 1 atom stereocenters. The first-order valence-corrected chi connectivity index (χ1v) is 5.92. The Morgan fingerprint density at radius 2 is 2.07 bits per heavy atom. The number of rotatable bonds is 5. The summed E-state index contributed by atoms with van der Waals surface area (Å²) in [7, 11) is 0. The highest BCUT2D eigenvalue weighted by Crippen LogP contribution is 2.18. The lowest BCUT2D eigenvalue weighted by Gasteiger charge is -2.18. The molecule has 1 heterocycles. The minimum atomic E-state index is -0.0124. The SMILES string of the molecule is CCN(CC)Cc1ccnc(C(C)Cl)c1. The van der Waals surface area contributed by atoms with Gasteiger partial charge in [-0.1, -0.05) is 13.8 Å². The van der Waals surface area contributed by atoms with Gasteiger partial charge in [0.25, 0.3) is 0 Å². The summed E-state index contributed by atoms with van der Waals surface area (Å²) in [6.45, 7) is 9.43. The first-order valence-electron chi connectivity index (χ1n) is 5.48. The Bertz CT molecular complexity index is 295. The fourth-order valence-corrected chi connectivity index (χ4v) is 1.64. The number of nitrogens with zero attached hydrogens (tertiary/aromatic N) is 2. The Hall–Kier alpha value is -0.600. The molecule has 0 saturated carbocycles. The molecule has 0 saturated heterocycles. The van der Waals surface area contributed by atoms with Crippen molar-refractivity contribution >= 4 is 11.6 Å². The molecule has 15 heavy (non-hydrogen) atoms. The second-order valence-electron chi connectivity index (χ2n) is 3.67. The van der Waals surface area contributed by atoms with E-state index >= 15 is 0 Å². The van der Waals surface area contributed by atoms with Crippen LogP contribution in [0.2, 0.25) is 0 Å². The smallest absolute Gasteiger partial charge is 0.0729 e. The maximum atomic E-state index is 6.00. The van der Waals surface area contributed by atoms with E-state index in [1.165, 1.54) is 5.56 Å². The molecule has 0 aliphatic rings. The summed E-state index contributed by atoms with van der Waals surface area (Å²) in [4.78, 5) is 6.62. The van der Waals surface area contributed by atoms with E-state index in [9.17, 15) is 0 Å². The molecule has 2 nitrogen and oxygen atoms in total. The van der Waals surface area contributed by atoms with Gasteiger partial charge in [0.2, 0.25) is 0 Å². The predicted octanol–water partition coefficient (Wildman–Crippen LogP) is 3.22. The number of hydrogen-bond donors (Lipinski definition) is 0. The molecule has 0 radical (unpaired) electrons. The molecule has 84 valence electrons. The van der Waals surface area contributed by atoms with E-state index in [0.29, 0.717) is 0 Å². The van der Waals surface area contributed by atoms with Crippen LogP contribution in [-0.2, 0) is 6.54 Å². The summed E-state index contributed by atoms with van der Waals surface area (Å²) in [5, 5.41) is -0.0124. The van der Waals surface area contributed by atoms with Crippen LogP contribution < -0.4 is 0 Å². The minimum Gasteiger partial charge on any atom is -0.300 e. The number of pyridine rings is 1. The first kappa shape index (κ1) is 12.5. The van der Waals surface area contributed by atoms with Gasteiger partial charge in [0.1, 0.15) is 0 Å². The van der Waals surface area contributed by atoms with Crippen molar-refractivity contribution in [2.45, 2.75) is 32.7 Å². The van der Waals surface area contributed by atoms with E-state index in [1.807, 2.05) is 13.1 Å². The second-order valence-corrected chi connectivity index (χ2v) is 4.32. The Morgan fingerprint density at radius 1 is 1.40 bits per heavy atom. The topological polar surface area (TPSA) is 16.1 Å². The number of hydrogen-bond acceptors (Lipinski definition) is 2. The molecule has 0 bridgehead atoms. The zero-order valence-electron chi connectivity index (χ0n) is 9.70. The number of aromatic nitrogens is 1. The fourth-order valence-electron chi connectivity index (χ4n) is 1.52. The van der Waals surface area contributed by atoms with Crippen LogP contribution in [0.4, 0.5) is 0 Å². The maximum Gasteiger partial charge on any atom is 0.0729 e. The van der Waals surface area contributed by atoms with Gasteiger partial charge in [-0.3, -0.25) is 9.88 Å². The zero-order valence-corrected chi connectivity index (χ0v) is 10.5. The molecular weight excluding hydrogens is 208 g/mol. The third-order valence-electron chi connectivity index (χ3n) is 2.55. The zero-order chi connectivity index (χ0) is 11.3. The van der Waals surface area contributed by atoms with Crippen LogP contribution in [-0.4, -0.2) is 23.0 Å². The molecule has 0 aliphatic carbocycles. The van der Waals surface area contributed by atoms with Gasteiger partial charge in [-0.25, -0.2) is 0 Å². The maximum absolute atomic E-state index is 6.00. The lowest BCUT2D eigenvalue weighted by atomic mass is 10.2. The van der Waals surface area contributed by atoms with Crippen molar-refractivity contribution in [3.8, 4) is 0 Å². The van der Waals surface area contributed by atoms with Crippen molar-refractivity contribution in [1.29, 1.82) is 0 Å². The molecule has 1 unspecified atom stereocenters. The van der Waals surface area contributed by atoms with Gasteiger partial charge in [0.05, 0.1) is 11.1 Å². The molecule has 1 aromatic heterocycles.